The maximum atomic E-state index is 12.3. The Balaban J connectivity index is 1.46. The molecule has 4 N–H and O–H groups in total. The molecule has 0 amide bonds. The highest BCUT2D eigenvalue weighted by molar-refractivity contribution is 5.93. The number of anilines is 2. The molecule has 0 radical (unpaired) electrons. The van der Waals surface area contributed by atoms with Crippen LogP contribution in [0.15, 0.2) is 30.3 Å². The Kier molecular flexibility index (Phi) is 8.05. The van der Waals surface area contributed by atoms with Crippen LogP contribution in [0.3, 0.4) is 0 Å². The third-order valence-electron chi connectivity index (χ3n) is 6.05. The summed E-state index contributed by atoms with van der Waals surface area (Å²) in [6, 6.07) is 8.30. The third-order valence-corrected chi connectivity index (χ3v) is 6.05. The molecule has 1 saturated carbocycles. The van der Waals surface area contributed by atoms with Gasteiger partial charge in [-0.05, 0) is 55.9 Å². The maximum absolute atomic E-state index is 12.3. The van der Waals surface area contributed by atoms with Crippen molar-refractivity contribution in [2.75, 3.05) is 11.5 Å². The Hall–Kier alpha value is -2.63. The number of nitrogens with zero attached hydrogens (tertiary/aromatic N) is 2. The van der Waals surface area contributed by atoms with E-state index in [9.17, 15) is 4.79 Å². The van der Waals surface area contributed by atoms with Crippen molar-refractivity contribution in [1.29, 1.82) is 0 Å². The van der Waals surface area contributed by atoms with Gasteiger partial charge in [0.25, 0.3) is 0 Å². The SMILES string of the molecule is CCCCCCCC1CCC(c2ccc(OC(=O)c3cc(N)cc(N)c3)nn2)CC1. The molecule has 6 heteroatoms. The van der Waals surface area contributed by atoms with Crippen LogP contribution in [0.4, 0.5) is 11.4 Å². The lowest BCUT2D eigenvalue weighted by Gasteiger charge is -2.28. The number of hydrogen-bond donors (Lipinski definition) is 2. The first-order valence-electron chi connectivity index (χ1n) is 11.3. The van der Waals surface area contributed by atoms with Gasteiger partial charge < -0.3 is 16.2 Å². The van der Waals surface area contributed by atoms with E-state index in [1.54, 1.807) is 12.1 Å². The zero-order valence-corrected chi connectivity index (χ0v) is 18.0. The molecule has 30 heavy (non-hydrogen) atoms. The van der Waals surface area contributed by atoms with Gasteiger partial charge in [0.15, 0.2) is 0 Å². The Bertz CT molecular complexity index is 794. The Morgan fingerprint density at radius 2 is 1.67 bits per heavy atom. The van der Waals surface area contributed by atoms with Crippen molar-refractivity contribution < 1.29 is 9.53 Å². The maximum Gasteiger partial charge on any atom is 0.345 e. The largest absolute Gasteiger partial charge is 0.402 e. The van der Waals surface area contributed by atoms with Crippen LogP contribution in [-0.4, -0.2) is 16.2 Å². The molecule has 1 heterocycles. The second-order valence-electron chi connectivity index (χ2n) is 8.49. The number of nitrogen functional groups attached to an aromatic ring is 2. The minimum atomic E-state index is -0.546. The molecular formula is C24H34N4O2. The minimum absolute atomic E-state index is 0.186. The van der Waals surface area contributed by atoms with Gasteiger partial charge in [0.1, 0.15) is 0 Å². The van der Waals surface area contributed by atoms with Gasteiger partial charge in [-0.3, -0.25) is 0 Å². The number of nitrogens with two attached hydrogens (primary N) is 2. The number of esters is 1. The number of aromatic nitrogens is 2. The van der Waals surface area contributed by atoms with Crippen LogP contribution < -0.4 is 16.2 Å². The van der Waals surface area contributed by atoms with E-state index in [0.29, 0.717) is 22.9 Å². The molecule has 1 aromatic heterocycles. The van der Waals surface area contributed by atoms with Gasteiger partial charge in [-0.1, -0.05) is 45.4 Å². The number of ether oxygens (including phenoxy) is 1. The van der Waals surface area contributed by atoms with Gasteiger partial charge in [-0.15, -0.1) is 5.10 Å². The lowest BCUT2D eigenvalue weighted by molar-refractivity contribution is 0.0725. The van der Waals surface area contributed by atoms with E-state index in [4.69, 9.17) is 16.2 Å². The van der Waals surface area contributed by atoms with Crippen LogP contribution >= 0.6 is 0 Å². The van der Waals surface area contributed by atoms with Gasteiger partial charge in [0.05, 0.1) is 11.3 Å². The first-order valence-corrected chi connectivity index (χ1v) is 11.3. The molecule has 6 nitrogen and oxygen atoms in total. The van der Waals surface area contributed by atoms with E-state index >= 15 is 0 Å². The fourth-order valence-electron chi connectivity index (χ4n) is 4.33. The molecule has 0 atom stereocenters. The van der Waals surface area contributed by atoms with Crippen LogP contribution in [0.1, 0.15) is 93.1 Å². The standard InChI is InChI=1S/C24H34N4O2/c1-2-3-4-5-6-7-17-8-10-18(11-9-17)22-12-13-23(28-27-22)30-24(29)19-14-20(25)16-21(26)15-19/h12-18H,2-11,25-26H2,1H3. The van der Waals surface area contributed by atoms with Crippen LogP contribution in [-0.2, 0) is 0 Å². The van der Waals surface area contributed by atoms with E-state index in [-0.39, 0.29) is 5.88 Å². The summed E-state index contributed by atoms with van der Waals surface area (Å²) < 4.78 is 5.32. The predicted molar refractivity (Wildman–Crippen MR) is 120 cm³/mol. The zero-order chi connectivity index (χ0) is 21.3. The van der Waals surface area contributed by atoms with Crippen LogP contribution in [0.25, 0.3) is 0 Å². The molecular weight excluding hydrogens is 376 g/mol. The van der Waals surface area contributed by atoms with Crippen molar-refractivity contribution >= 4 is 17.3 Å². The summed E-state index contributed by atoms with van der Waals surface area (Å²) in [7, 11) is 0. The number of unbranched alkanes of at least 4 members (excludes halogenated alkanes) is 4. The van der Waals surface area contributed by atoms with E-state index < -0.39 is 5.97 Å². The summed E-state index contributed by atoms with van der Waals surface area (Å²) in [5.41, 5.74) is 13.6. The molecule has 1 aromatic carbocycles. The van der Waals surface area contributed by atoms with Crippen molar-refractivity contribution in [1.82, 2.24) is 10.2 Å². The molecule has 1 aliphatic carbocycles. The zero-order valence-electron chi connectivity index (χ0n) is 18.0. The normalized spacial score (nSPS) is 18.8. The Labute approximate surface area is 179 Å². The average molecular weight is 411 g/mol. The third kappa shape index (κ3) is 6.44. The molecule has 0 unspecified atom stereocenters. The highest BCUT2D eigenvalue weighted by Gasteiger charge is 2.23. The Morgan fingerprint density at radius 1 is 0.967 bits per heavy atom. The van der Waals surface area contributed by atoms with Gasteiger partial charge in [0.2, 0.25) is 5.88 Å². The molecule has 1 fully saturated rings. The second kappa shape index (κ2) is 11.0. The molecule has 0 aliphatic heterocycles. The van der Waals surface area contributed by atoms with Crippen molar-refractivity contribution in [3.05, 3.63) is 41.6 Å². The quantitative estimate of drug-likeness (QED) is 0.321. The van der Waals surface area contributed by atoms with Gasteiger partial charge in [-0.25, -0.2) is 4.79 Å². The van der Waals surface area contributed by atoms with Gasteiger partial charge in [-0.2, -0.15) is 5.10 Å². The second-order valence-corrected chi connectivity index (χ2v) is 8.49. The first kappa shape index (κ1) is 22.1. The van der Waals surface area contributed by atoms with E-state index in [2.05, 4.69) is 17.1 Å². The minimum Gasteiger partial charge on any atom is -0.402 e. The van der Waals surface area contributed by atoms with Crippen LogP contribution in [0, 0.1) is 5.92 Å². The van der Waals surface area contributed by atoms with Crippen molar-refractivity contribution in [3.63, 3.8) is 0 Å². The summed E-state index contributed by atoms with van der Waals surface area (Å²) in [4.78, 5) is 12.3. The van der Waals surface area contributed by atoms with Crippen molar-refractivity contribution in [3.8, 4) is 5.88 Å². The first-order chi connectivity index (χ1) is 14.5. The van der Waals surface area contributed by atoms with Crippen molar-refractivity contribution in [2.45, 2.75) is 77.0 Å². The highest BCUT2D eigenvalue weighted by Crippen LogP contribution is 2.37. The molecule has 2 aromatic rings. The molecule has 0 spiro atoms. The van der Waals surface area contributed by atoms with Gasteiger partial charge in [0, 0.05) is 23.4 Å². The van der Waals surface area contributed by atoms with E-state index in [1.807, 2.05) is 6.07 Å². The number of benzene rings is 1. The lowest BCUT2D eigenvalue weighted by atomic mass is 9.78. The summed E-state index contributed by atoms with van der Waals surface area (Å²) >= 11 is 0. The fraction of sp³-hybridized carbons (Fsp3) is 0.542. The fourth-order valence-corrected chi connectivity index (χ4v) is 4.33. The summed E-state index contributed by atoms with van der Waals surface area (Å²) in [5.74, 6) is 0.954. The highest BCUT2D eigenvalue weighted by atomic mass is 16.5. The molecule has 1 aliphatic rings. The smallest absolute Gasteiger partial charge is 0.345 e. The van der Waals surface area contributed by atoms with Crippen LogP contribution in [0.5, 0.6) is 5.88 Å². The number of hydrogen-bond acceptors (Lipinski definition) is 6. The number of rotatable bonds is 9. The average Bonchev–Trinajstić information content (AvgIpc) is 2.74. The summed E-state index contributed by atoms with van der Waals surface area (Å²) in [6.07, 6.45) is 13.0. The molecule has 162 valence electrons. The van der Waals surface area contributed by atoms with Gasteiger partial charge >= 0.3 is 5.97 Å². The molecule has 0 saturated heterocycles. The van der Waals surface area contributed by atoms with Crippen molar-refractivity contribution in [2.24, 2.45) is 5.92 Å². The number of carbonyl (C=O) groups is 1. The topological polar surface area (TPSA) is 104 Å². The predicted octanol–water partition coefficient (Wildman–Crippen LogP) is 5.49. The monoisotopic (exact) mass is 410 g/mol. The lowest BCUT2D eigenvalue weighted by Crippen LogP contribution is -2.15. The Morgan fingerprint density at radius 3 is 2.30 bits per heavy atom. The summed E-state index contributed by atoms with van der Waals surface area (Å²) in [6.45, 7) is 2.26. The van der Waals surface area contributed by atoms with E-state index in [1.165, 1.54) is 63.5 Å². The number of carbonyl (C=O) groups excluding carboxylic acids is 1. The molecule has 3 rings (SSSR count). The summed E-state index contributed by atoms with van der Waals surface area (Å²) in [5, 5.41) is 8.43. The van der Waals surface area contributed by atoms with Crippen LogP contribution in [0.2, 0.25) is 0 Å². The molecule has 0 bridgehead atoms. The van der Waals surface area contributed by atoms with E-state index in [0.717, 1.165) is 24.5 Å².